The zero-order chi connectivity index (χ0) is 12.3. The topological polar surface area (TPSA) is 40.5 Å². The molecule has 0 spiro atoms. The minimum absolute atomic E-state index is 0.571. The van der Waals surface area contributed by atoms with E-state index in [1.807, 2.05) is 12.1 Å². The first kappa shape index (κ1) is 12.2. The second-order valence-corrected chi connectivity index (χ2v) is 5.10. The molecule has 2 rings (SSSR count). The second kappa shape index (κ2) is 5.40. The predicted octanol–water partition coefficient (Wildman–Crippen LogP) is 2.45. The van der Waals surface area contributed by atoms with Crippen molar-refractivity contribution in [2.24, 2.45) is 0 Å². The van der Waals surface area contributed by atoms with Crippen LogP contribution in [0, 0.1) is 0 Å². The Morgan fingerprint density at radius 1 is 1.18 bits per heavy atom. The Hall–Kier alpha value is -1.23. The maximum atomic E-state index is 10.8. The molecule has 0 bridgehead atoms. The van der Waals surface area contributed by atoms with Crippen molar-refractivity contribution in [3.63, 3.8) is 0 Å². The van der Waals surface area contributed by atoms with Gasteiger partial charge in [-0.2, -0.15) is 0 Å². The van der Waals surface area contributed by atoms with Gasteiger partial charge in [0.2, 0.25) is 11.3 Å². The number of hydrogen-bond donors (Lipinski definition) is 1. The van der Waals surface area contributed by atoms with Crippen LogP contribution in [0.4, 0.5) is 0 Å². The summed E-state index contributed by atoms with van der Waals surface area (Å²) < 4.78 is 21.1. The van der Waals surface area contributed by atoms with Crippen molar-refractivity contribution in [3.05, 3.63) is 48.0 Å². The van der Waals surface area contributed by atoms with Gasteiger partial charge in [0, 0.05) is 13.6 Å². The molecule has 4 heteroatoms. The standard InChI is InChI=1S/C13H15NO2S/c1-14(17(15)16)9-8-11-6-7-12-4-2-3-5-13(12)10-11/h2-7,10H,8-9H2,1H3,(H,15,16). The second-order valence-electron chi connectivity index (χ2n) is 4.01. The Morgan fingerprint density at radius 3 is 2.59 bits per heavy atom. The smallest absolute Gasteiger partial charge is 0.234 e. The van der Waals surface area contributed by atoms with Gasteiger partial charge in [-0.05, 0) is 22.8 Å². The van der Waals surface area contributed by atoms with Crippen LogP contribution in [0.3, 0.4) is 0 Å². The third kappa shape index (κ3) is 3.12. The molecule has 90 valence electrons. The highest BCUT2D eigenvalue weighted by molar-refractivity contribution is 7.76. The van der Waals surface area contributed by atoms with Gasteiger partial charge >= 0.3 is 0 Å². The van der Waals surface area contributed by atoms with Crippen LogP contribution >= 0.6 is 0 Å². The molecule has 0 radical (unpaired) electrons. The van der Waals surface area contributed by atoms with Gasteiger partial charge in [0.25, 0.3) is 0 Å². The third-order valence-corrected chi connectivity index (χ3v) is 3.51. The molecule has 0 aromatic heterocycles. The molecule has 3 nitrogen and oxygen atoms in total. The third-order valence-electron chi connectivity index (χ3n) is 2.80. The van der Waals surface area contributed by atoms with Crippen LogP contribution in [-0.2, 0) is 17.7 Å². The van der Waals surface area contributed by atoms with E-state index in [0.717, 1.165) is 6.42 Å². The number of fused-ring (bicyclic) bond motifs is 1. The predicted molar refractivity (Wildman–Crippen MR) is 71.1 cm³/mol. The van der Waals surface area contributed by atoms with E-state index >= 15 is 0 Å². The van der Waals surface area contributed by atoms with Crippen molar-refractivity contribution >= 4 is 22.0 Å². The average Bonchev–Trinajstić information content (AvgIpc) is 2.35. The van der Waals surface area contributed by atoms with Gasteiger partial charge in [-0.3, -0.25) is 4.55 Å². The molecule has 1 unspecified atom stereocenters. The number of rotatable bonds is 4. The van der Waals surface area contributed by atoms with Gasteiger partial charge in [0.15, 0.2) is 0 Å². The van der Waals surface area contributed by atoms with Crippen LogP contribution in [-0.4, -0.2) is 26.7 Å². The summed E-state index contributed by atoms with van der Waals surface area (Å²) in [6.45, 7) is 0.571. The van der Waals surface area contributed by atoms with E-state index in [1.165, 1.54) is 20.6 Å². The lowest BCUT2D eigenvalue weighted by Crippen LogP contribution is -2.22. The van der Waals surface area contributed by atoms with E-state index in [4.69, 9.17) is 4.55 Å². The fraction of sp³-hybridized carbons (Fsp3) is 0.231. The van der Waals surface area contributed by atoms with Crippen molar-refractivity contribution < 1.29 is 8.76 Å². The lowest BCUT2D eigenvalue weighted by atomic mass is 10.1. The van der Waals surface area contributed by atoms with Crippen LogP contribution in [0.15, 0.2) is 42.5 Å². The highest BCUT2D eigenvalue weighted by Gasteiger charge is 2.04. The van der Waals surface area contributed by atoms with Gasteiger partial charge in [-0.15, -0.1) is 0 Å². The summed E-state index contributed by atoms with van der Waals surface area (Å²) >= 11 is -1.88. The minimum Gasteiger partial charge on any atom is -0.294 e. The summed E-state index contributed by atoms with van der Waals surface area (Å²) in [5, 5.41) is 2.42. The molecule has 17 heavy (non-hydrogen) atoms. The van der Waals surface area contributed by atoms with Crippen molar-refractivity contribution in [3.8, 4) is 0 Å². The maximum Gasteiger partial charge on any atom is 0.234 e. The first-order valence-electron chi connectivity index (χ1n) is 5.46. The molecule has 0 aliphatic rings. The van der Waals surface area contributed by atoms with E-state index in [9.17, 15) is 4.21 Å². The fourth-order valence-electron chi connectivity index (χ4n) is 1.76. The lowest BCUT2D eigenvalue weighted by molar-refractivity contribution is 0.450. The van der Waals surface area contributed by atoms with Crippen LogP contribution in [0.1, 0.15) is 5.56 Å². The molecular formula is C13H15NO2S. The van der Waals surface area contributed by atoms with Crippen molar-refractivity contribution in [2.75, 3.05) is 13.6 Å². The monoisotopic (exact) mass is 249 g/mol. The number of benzene rings is 2. The first-order valence-corrected chi connectivity index (χ1v) is 6.53. The van der Waals surface area contributed by atoms with Gasteiger partial charge in [0.05, 0.1) is 0 Å². The average molecular weight is 249 g/mol. The highest BCUT2D eigenvalue weighted by atomic mass is 32.2. The zero-order valence-corrected chi connectivity index (χ0v) is 10.5. The largest absolute Gasteiger partial charge is 0.294 e. The Bertz CT molecular complexity index is 542. The summed E-state index contributed by atoms with van der Waals surface area (Å²) in [5.74, 6) is 0. The molecule has 0 saturated heterocycles. The molecule has 2 aromatic rings. The van der Waals surface area contributed by atoms with E-state index in [-0.39, 0.29) is 0 Å². The van der Waals surface area contributed by atoms with Crippen LogP contribution in [0.25, 0.3) is 10.8 Å². The molecule has 2 aromatic carbocycles. The Kier molecular flexibility index (Phi) is 3.89. The molecule has 0 aliphatic heterocycles. The molecule has 1 atom stereocenters. The number of hydrogen-bond acceptors (Lipinski definition) is 1. The summed E-state index contributed by atoms with van der Waals surface area (Å²) in [6, 6.07) is 14.5. The van der Waals surface area contributed by atoms with E-state index in [0.29, 0.717) is 6.54 Å². The van der Waals surface area contributed by atoms with Crippen LogP contribution < -0.4 is 0 Å². The molecule has 0 fully saturated rings. The molecular weight excluding hydrogens is 234 g/mol. The number of nitrogens with zero attached hydrogens (tertiary/aromatic N) is 1. The van der Waals surface area contributed by atoms with Crippen molar-refractivity contribution in [2.45, 2.75) is 6.42 Å². The summed E-state index contributed by atoms with van der Waals surface area (Å²) in [6.07, 6.45) is 0.771. The maximum absolute atomic E-state index is 10.8. The normalized spacial score (nSPS) is 13.1. The molecule has 0 heterocycles. The van der Waals surface area contributed by atoms with Gasteiger partial charge in [-0.25, -0.2) is 8.51 Å². The Morgan fingerprint density at radius 2 is 1.88 bits per heavy atom. The molecule has 0 aliphatic carbocycles. The van der Waals surface area contributed by atoms with Crippen molar-refractivity contribution in [1.29, 1.82) is 0 Å². The van der Waals surface area contributed by atoms with Crippen molar-refractivity contribution in [1.82, 2.24) is 4.31 Å². The van der Waals surface area contributed by atoms with E-state index < -0.39 is 11.3 Å². The summed E-state index contributed by atoms with van der Waals surface area (Å²) in [7, 11) is 1.64. The Labute approximate surface area is 103 Å². The van der Waals surface area contributed by atoms with Crippen LogP contribution in [0.5, 0.6) is 0 Å². The Balaban J connectivity index is 2.12. The molecule has 1 N–H and O–H groups in total. The first-order chi connectivity index (χ1) is 8.16. The minimum atomic E-state index is -1.88. The van der Waals surface area contributed by atoms with Gasteiger partial charge in [0.1, 0.15) is 0 Å². The SMILES string of the molecule is CN(CCc1ccc2ccccc2c1)S(=O)O. The van der Waals surface area contributed by atoms with Crippen LogP contribution in [0.2, 0.25) is 0 Å². The fourth-order valence-corrected chi connectivity index (χ4v) is 2.01. The lowest BCUT2D eigenvalue weighted by Gasteiger charge is -2.11. The quantitative estimate of drug-likeness (QED) is 0.846. The number of likely N-dealkylation sites (N-methyl/N-ethyl adjacent to an activating group) is 1. The molecule has 0 saturated carbocycles. The zero-order valence-electron chi connectivity index (χ0n) is 9.67. The van der Waals surface area contributed by atoms with E-state index in [2.05, 4.69) is 30.3 Å². The molecule has 0 amide bonds. The van der Waals surface area contributed by atoms with Gasteiger partial charge in [-0.1, -0.05) is 42.5 Å². The van der Waals surface area contributed by atoms with E-state index in [1.54, 1.807) is 7.05 Å². The summed E-state index contributed by atoms with van der Waals surface area (Å²) in [5.41, 5.74) is 1.18. The highest BCUT2D eigenvalue weighted by Crippen LogP contribution is 2.16. The summed E-state index contributed by atoms with van der Waals surface area (Å²) in [4.78, 5) is 0. The van der Waals surface area contributed by atoms with Gasteiger partial charge < -0.3 is 0 Å².